The lowest BCUT2D eigenvalue weighted by molar-refractivity contribution is -0.149. The van der Waals surface area contributed by atoms with Crippen LogP contribution in [0.4, 0.5) is 25.3 Å². The van der Waals surface area contributed by atoms with Crippen molar-refractivity contribution in [3.63, 3.8) is 0 Å². The van der Waals surface area contributed by atoms with E-state index in [1.54, 1.807) is 24.1 Å². The molecule has 6 heterocycles. The quantitative estimate of drug-likeness (QED) is 0.292. The zero-order valence-corrected chi connectivity index (χ0v) is 25.0. The number of thiazole rings is 1. The first kappa shape index (κ1) is 27.8. The van der Waals surface area contributed by atoms with Gasteiger partial charge in [0.05, 0.1) is 18.2 Å². The molecule has 1 atom stereocenters. The van der Waals surface area contributed by atoms with E-state index in [1.165, 1.54) is 18.2 Å². The van der Waals surface area contributed by atoms with E-state index in [1.807, 2.05) is 11.0 Å². The number of cyclic esters (lactones) is 1. The number of rotatable bonds is 5. The number of aromatic nitrogens is 2. The summed E-state index contributed by atoms with van der Waals surface area (Å²) in [5.41, 5.74) is 2.74. The molecule has 2 aromatic carbocycles. The summed E-state index contributed by atoms with van der Waals surface area (Å²) in [4.78, 5) is 40.5. The van der Waals surface area contributed by atoms with Gasteiger partial charge in [-0.3, -0.25) is 4.79 Å². The maximum Gasteiger partial charge on any atom is 0.357 e. The molecule has 0 saturated carbocycles. The molecule has 8 rings (SSSR count). The largest absolute Gasteiger partial charge is 0.456 e. The van der Waals surface area contributed by atoms with Crippen molar-refractivity contribution in [3.8, 4) is 17.3 Å². The van der Waals surface area contributed by atoms with Gasteiger partial charge in [0.2, 0.25) is 5.91 Å². The molecule has 0 bridgehead atoms. The summed E-state index contributed by atoms with van der Waals surface area (Å²) in [6, 6.07) is 11.2. The van der Waals surface area contributed by atoms with Crippen molar-refractivity contribution in [2.75, 3.05) is 56.2 Å². The minimum Gasteiger partial charge on any atom is -0.456 e. The molecule has 228 valence electrons. The van der Waals surface area contributed by atoms with E-state index in [0.717, 1.165) is 17.8 Å². The number of halogens is 2. The SMILES string of the molecule is CN(c1nc(-c2ccc(F)cc2)c(C#N)s1)c1c2c(nc3c(F)cc(N4CC5(CN(C(=O)[C@H]6CCOC6)C5)C4)cc13)C(=O)OC2. The highest BCUT2D eigenvalue weighted by Gasteiger charge is 2.54. The molecule has 2 aromatic heterocycles. The Balaban J connectivity index is 1.13. The van der Waals surface area contributed by atoms with Crippen molar-refractivity contribution in [3.05, 3.63) is 64.2 Å². The van der Waals surface area contributed by atoms with Crippen LogP contribution in [0.25, 0.3) is 22.2 Å². The summed E-state index contributed by atoms with van der Waals surface area (Å²) in [5, 5.41) is 10.8. The van der Waals surface area contributed by atoms with Gasteiger partial charge in [-0.05, 0) is 42.8 Å². The molecule has 4 aliphatic rings. The number of carbonyl (C=O) groups is 2. The first-order chi connectivity index (χ1) is 21.7. The number of benzene rings is 2. The monoisotopic (exact) mass is 628 g/mol. The fourth-order valence-electron chi connectivity index (χ4n) is 6.89. The molecule has 0 aliphatic carbocycles. The number of hydrogen-bond acceptors (Lipinski definition) is 10. The van der Waals surface area contributed by atoms with Crippen molar-refractivity contribution >= 4 is 50.6 Å². The molecular weight excluding hydrogens is 602 g/mol. The lowest BCUT2D eigenvalue weighted by Crippen LogP contribution is -2.73. The Hall–Kier alpha value is -4.67. The summed E-state index contributed by atoms with van der Waals surface area (Å²) in [6.07, 6.45) is 0.766. The molecule has 3 fully saturated rings. The van der Waals surface area contributed by atoms with Crippen molar-refractivity contribution in [2.45, 2.75) is 13.0 Å². The molecular formula is C32H26F2N6O4S. The van der Waals surface area contributed by atoms with Gasteiger partial charge in [0, 0.05) is 67.4 Å². The molecule has 0 N–H and O–H groups in total. The zero-order valence-electron chi connectivity index (χ0n) is 24.2. The maximum atomic E-state index is 15.8. The second-order valence-electron chi connectivity index (χ2n) is 12.2. The van der Waals surface area contributed by atoms with Crippen molar-refractivity contribution in [1.82, 2.24) is 14.9 Å². The van der Waals surface area contributed by atoms with Gasteiger partial charge < -0.3 is 24.2 Å². The van der Waals surface area contributed by atoms with Crippen molar-refractivity contribution in [1.29, 1.82) is 5.26 Å². The molecule has 10 nitrogen and oxygen atoms in total. The minimum atomic E-state index is -0.633. The minimum absolute atomic E-state index is 0.0119. The van der Waals surface area contributed by atoms with E-state index in [0.29, 0.717) is 83.0 Å². The zero-order chi connectivity index (χ0) is 31.0. The van der Waals surface area contributed by atoms with E-state index in [4.69, 9.17) is 14.5 Å². The Bertz CT molecular complexity index is 1940. The lowest BCUT2D eigenvalue weighted by Gasteiger charge is -2.61. The molecule has 45 heavy (non-hydrogen) atoms. The Kier molecular flexibility index (Phi) is 6.30. The van der Waals surface area contributed by atoms with Crippen LogP contribution >= 0.6 is 11.3 Å². The highest BCUT2D eigenvalue weighted by molar-refractivity contribution is 7.16. The van der Waals surface area contributed by atoms with Crippen molar-refractivity contribution in [2.24, 2.45) is 11.3 Å². The highest BCUT2D eigenvalue weighted by Crippen LogP contribution is 2.46. The molecule has 13 heteroatoms. The smallest absolute Gasteiger partial charge is 0.357 e. The third-order valence-electron chi connectivity index (χ3n) is 9.16. The molecule has 3 saturated heterocycles. The van der Waals surface area contributed by atoms with E-state index in [2.05, 4.69) is 16.0 Å². The van der Waals surface area contributed by atoms with Gasteiger partial charge in [-0.15, -0.1) is 0 Å². The average Bonchev–Trinajstić information content (AvgIpc) is 3.76. The maximum absolute atomic E-state index is 15.8. The Morgan fingerprint density at radius 3 is 2.62 bits per heavy atom. The Morgan fingerprint density at radius 2 is 1.91 bits per heavy atom. The number of anilines is 3. The van der Waals surface area contributed by atoms with Crippen LogP contribution in [0.5, 0.6) is 0 Å². The number of likely N-dealkylation sites (tertiary alicyclic amines) is 1. The summed E-state index contributed by atoms with van der Waals surface area (Å²) in [7, 11) is 1.74. The van der Waals surface area contributed by atoms with E-state index in [9.17, 15) is 19.2 Å². The van der Waals surface area contributed by atoms with Crippen molar-refractivity contribution < 1.29 is 27.8 Å². The number of fused-ring (bicyclic) bond motifs is 2. The number of esters is 1. The van der Waals surface area contributed by atoms with E-state index >= 15 is 4.39 Å². The topological polar surface area (TPSA) is 112 Å². The predicted molar refractivity (Wildman–Crippen MR) is 161 cm³/mol. The number of nitrogens with zero attached hydrogens (tertiary/aromatic N) is 6. The van der Waals surface area contributed by atoms with Crippen LogP contribution in [0.1, 0.15) is 27.3 Å². The Morgan fingerprint density at radius 1 is 1.13 bits per heavy atom. The fourth-order valence-corrected chi connectivity index (χ4v) is 7.74. The number of hydrogen-bond donors (Lipinski definition) is 0. The van der Waals surface area contributed by atoms with Gasteiger partial charge in [0.15, 0.2) is 16.6 Å². The summed E-state index contributed by atoms with van der Waals surface area (Å²) in [5.74, 6) is -1.51. The molecule has 4 aliphatic heterocycles. The van der Waals surface area contributed by atoms with Crippen LogP contribution in [-0.2, 0) is 20.9 Å². The Labute approximate surface area is 260 Å². The number of carbonyl (C=O) groups excluding carboxylic acids is 2. The molecule has 1 spiro atoms. The predicted octanol–water partition coefficient (Wildman–Crippen LogP) is 4.63. The van der Waals surface area contributed by atoms with Crippen LogP contribution < -0.4 is 9.80 Å². The van der Waals surface area contributed by atoms with Gasteiger partial charge >= 0.3 is 5.97 Å². The van der Waals surface area contributed by atoms with Crippen LogP contribution in [0.2, 0.25) is 0 Å². The summed E-state index contributed by atoms with van der Waals surface area (Å²) in [6.45, 7) is 3.82. The van der Waals surface area contributed by atoms with Crippen LogP contribution in [0.15, 0.2) is 36.4 Å². The molecule has 0 radical (unpaired) electrons. The third-order valence-corrected chi connectivity index (χ3v) is 10.2. The highest BCUT2D eigenvalue weighted by atomic mass is 32.1. The van der Waals surface area contributed by atoms with Crippen LogP contribution in [-0.4, -0.2) is 73.2 Å². The summed E-state index contributed by atoms with van der Waals surface area (Å²) < 4.78 is 40.1. The number of nitriles is 1. The average molecular weight is 629 g/mol. The normalized spacial score (nSPS) is 19.7. The van der Waals surface area contributed by atoms with E-state index in [-0.39, 0.29) is 35.1 Å². The first-order valence-electron chi connectivity index (χ1n) is 14.6. The molecule has 0 unspecified atom stereocenters. The van der Waals surface area contributed by atoms with Gasteiger partial charge in [-0.25, -0.2) is 23.5 Å². The van der Waals surface area contributed by atoms with Gasteiger partial charge in [-0.2, -0.15) is 5.26 Å². The number of ether oxygens (including phenoxy) is 2. The van der Waals surface area contributed by atoms with Gasteiger partial charge in [-0.1, -0.05) is 11.3 Å². The molecule has 1 amide bonds. The summed E-state index contributed by atoms with van der Waals surface area (Å²) >= 11 is 1.14. The first-order valence-corrected chi connectivity index (χ1v) is 15.4. The number of amides is 1. The second kappa shape index (κ2) is 10.2. The van der Waals surface area contributed by atoms with Gasteiger partial charge in [0.1, 0.15) is 34.6 Å². The molecule has 4 aromatic rings. The standard InChI is InChI=1S/C32H26F2N6O4S/c1-38(31-37-25(24(10-35)45-31)17-2-4-19(33)5-3-17)28-21-8-20(9-23(34)26(21)36-27-22(28)12-44-30(27)42)39-13-32(14-39)15-40(16-32)29(41)18-6-7-43-11-18/h2-5,8-9,18H,6-7,11-16H2,1H3/t18-/m0/s1. The second-order valence-corrected chi connectivity index (χ2v) is 13.1. The van der Waals surface area contributed by atoms with Crippen LogP contribution in [0.3, 0.4) is 0 Å². The van der Waals surface area contributed by atoms with Crippen LogP contribution in [0, 0.1) is 34.3 Å². The van der Waals surface area contributed by atoms with Gasteiger partial charge in [0.25, 0.3) is 0 Å². The lowest BCUT2D eigenvalue weighted by atomic mass is 9.72. The van der Waals surface area contributed by atoms with E-state index < -0.39 is 17.6 Å². The fraction of sp³-hybridized carbons (Fsp3) is 0.344. The number of pyridine rings is 1. The third kappa shape index (κ3) is 4.42.